The van der Waals surface area contributed by atoms with Crippen LogP contribution < -0.4 is 0 Å². The van der Waals surface area contributed by atoms with Gasteiger partial charge in [-0.2, -0.15) is 5.26 Å². The lowest BCUT2D eigenvalue weighted by molar-refractivity contribution is 1.05. The van der Waals surface area contributed by atoms with E-state index in [9.17, 15) is 5.26 Å². The third-order valence-electron chi connectivity index (χ3n) is 2.38. The molecule has 0 unspecified atom stereocenters. The van der Waals surface area contributed by atoms with E-state index in [0.717, 1.165) is 20.1 Å². The van der Waals surface area contributed by atoms with E-state index >= 15 is 0 Å². The van der Waals surface area contributed by atoms with Crippen molar-refractivity contribution < 1.29 is 0 Å². The third-order valence-corrected chi connectivity index (χ3v) is 4.02. The maximum atomic E-state index is 9.17. The summed E-state index contributed by atoms with van der Waals surface area (Å²) in [7, 11) is 0. The molecule has 0 bridgehead atoms. The van der Waals surface area contributed by atoms with Crippen LogP contribution in [0.4, 0.5) is 0 Å². The maximum Gasteiger partial charge on any atom is 0.102 e. The van der Waals surface area contributed by atoms with E-state index in [1.54, 1.807) is 0 Å². The van der Waals surface area contributed by atoms with Gasteiger partial charge in [0.1, 0.15) is 11.1 Å². The number of nitriles is 1. The number of halogens is 1. The van der Waals surface area contributed by atoms with Crippen LogP contribution in [-0.4, -0.2) is 4.98 Å². The van der Waals surface area contributed by atoms with Crippen molar-refractivity contribution in [2.24, 2.45) is 0 Å². The molecule has 0 spiro atoms. The Hall–Kier alpha value is -1.31. The van der Waals surface area contributed by atoms with Gasteiger partial charge < -0.3 is 0 Å². The first-order valence-electron chi connectivity index (χ1n) is 5.42. The Kier molecular flexibility index (Phi) is 4.05. The van der Waals surface area contributed by atoms with E-state index in [0.29, 0.717) is 5.56 Å². The first-order valence-corrected chi connectivity index (χ1v) is 7.03. The van der Waals surface area contributed by atoms with E-state index in [2.05, 4.69) is 27.0 Å². The topological polar surface area (TPSA) is 36.7 Å². The molecule has 90 valence electrons. The lowest BCUT2D eigenvalue weighted by Crippen LogP contribution is -1.88. The van der Waals surface area contributed by atoms with Crippen LogP contribution in [0, 0.1) is 25.2 Å². The molecule has 1 heterocycles. The molecule has 0 fully saturated rings. The fourth-order valence-corrected chi connectivity index (χ4v) is 3.32. The second-order valence-corrected chi connectivity index (χ2v) is 5.87. The van der Waals surface area contributed by atoms with Gasteiger partial charge >= 0.3 is 0 Å². The number of benzene rings is 1. The van der Waals surface area contributed by atoms with Gasteiger partial charge in [0.05, 0.1) is 5.56 Å². The summed E-state index contributed by atoms with van der Waals surface area (Å²) in [6.45, 7) is 4.02. The Morgan fingerprint density at radius 3 is 2.72 bits per heavy atom. The van der Waals surface area contributed by atoms with Gasteiger partial charge in [-0.05, 0) is 59.6 Å². The van der Waals surface area contributed by atoms with Crippen LogP contribution >= 0.6 is 27.7 Å². The molecule has 18 heavy (non-hydrogen) atoms. The Morgan fingerprint density at radius 1 is 1.28 bits per heavy atom. The molecular weight excluding hydrogens is 308 g/mol. The van der Waals surface area contributed by atoms with Crippen LogP contribution in [0.1, 0.15) is 16.8 Å². The molecule has 4 heteroatoms. The average molecular weight is 319 g/mol. The van der Waals surface area contributed by atoms with E-state index in [1.807, 2.05) is 44.2 Å². The Balaban J connectivity index is 2.40. The maximum absolute atomic E-state index is 9.17. The van der Waals surface area contributed by atoms with Gasteiger partial charge in [-0.3, -0.25) is 0 Å². The van der Waals surface area contributed by atoms with Gasteiger partial charge in [0.15, 0.2) is 0 Å². The van der Waals surface area contributed by atoms with Crippen LogP contribution in [-0.2, 0) is 0 Å². The Bertz CT molecular complexity index is 612. The van der Waals surface area contributed by atoms with Gasteiger partial charge in [-0.15, -0.1) is 0 Å². The highest BCUT2D eigenvalue weighted by atomic mass is 79.9. The summed E-state index contributed by atoms with van der Waals surface area (Å²) in [5.74, 6) is 0. The molecule has 0 aliphatic carbocycles. The zero-order valence-corrected chi connectivity index (χ0v) is 12.5. The summed E-state index contributed by atoms with van der Waals surface area (Å²) in [6, 6.07) is 12.0. The van der Waals surface area contributed by atoms with Gasteiger partial charge in [-0.1, -0.05) is 17.8 Å². The van der Waals surface area contributed by atoms with Crippen molar-refractivity contribution in [2.45, 2.75) is 23.8 Å². The molecule has 0 saturated heterocycles. The molecule has 2 nitrogen and oxygen atoms in total. The summed E-state index contributed by atoms with van der Waals surface area (Å²) in [5.41, 5.74) is 2.83. The smallest absolute Gasteiger partial charge is 0.102 e. The first-order chi connectivity index (χ1) is 8.60. The summed E-state index contributed by atoms with van der Waals surface area (Å²) in [6.07, 6.45) is 0. The lowest BCUT2D eigenvalue weighted by atomic mass is 10.2. The summed E-state index contributed by atoms with van der Waals surface area (Å²) >= 11 is 4.91. The van der Waals surface area contributed by atoms with Crippen molar-refractivity contribution in [1.82, 2.24) is 4.98 Å². The molecule has 2 rings (SSSR count). The number of aromatic nitrogens is 1. The number of aryl methyl sites for hydroxylation is 2. The number of nitrogens with zero attached hydrogens (tertiary/aromatic N) is 2. The van der Waals surface area contributed by atoms with Crippen molar-refractivity contribution in [2.75, 3.05) is 0 Å². The van der Waals surface area contributed by atoms with Crippen LogP contribution in [0.5, 0.6) is 0 Å². The molecular formula is C14H11BrN2S. The average Bonchev–Trinajstić information content (AvgIpc) is 2.27. The predicted octanol–water partition coefficient (Wildman–Crippen LogP) is 4.48. The molecule has 1 aromatic heterocycles. The monoisotopic (exact) mass is 318 g/mol. The number of rotatable bonds is 2. The van der Waals surface area contributed by atoms with E-state index in [1.165, 1.54) is 17.3 Å². The molecule has 2 aromatic rings. The van der Waals surface area contributed by atoms with E-state index in [4.69, 9.17) is 0 Å². The van der Waals surface area contributed by atoms with Crippen molar-refractivity contribution >= 4 is 27.7 Å². The molecule has 0 aliphatic heterocycles. The van der Waals surface area contributed by atoms with Crippen molar-refractivity contribution in [3.05, 3.63) is 51.6 Å². The molecule has 0 N–H and O–H groups in total. The van der Waals surface area contributed by atoms with Crippen LogP contribution in [0.15, 0.2) is 44.7 Å². The molecule has 0 atom stereocenters. The second kappa shape index (κ2) is 5.55. The lowest BCUT2D eigenvalue weighted by Gasteiger charge is -2.06. The number of hydrogen-bond donors (Lipinski definition) is 0. The highest BCUT2D eigenvalue weighted by molar-refractivity contribution is 9.10. The fourth-order valence-electron chi connectivity index (χ4n) is 1.67. The first kappa shape index (κ1) is 13.1. The zero-order valence-electron chi connectivity index (χ0n) is 10.1. The van der Waals surface area contributed by atoms with Crippen molar-refractivity contribution in [1.29, 1.82) is 5.26 Å². The Labute approximate surface area is 119 Å². The van der Waals surface area contributed by atoms with Gasteiger partial charge in [0, 0.05) is 15.1 Å². The Morgan fingerprint density at radius 2 is 2.06 bits per heavy atom. The van der Waals surface area contributed by atoms with Gasteiger partial charge in [-0.25, -0.2) is 4.98 Å². The van der Waals surface area contributed by atoms with Crippen LogP contribution in [0.2, 0.25) is 0 Å². The summed E-state index contributed by atoms with van der Waals surface area (Å²) in [4.78, 5) is 5.39. The van der Waals surface area contributed by atoms with Crippen LogP contribution in [0.3, 0.4) is 0 Å². The third kappa shape index (κ3) is 2.92. The minimum absolute atomic E-state index is 0.656. The van der Waals surface area contributed by atoms with E-state index < -0.39 is 0 Å². The largest absolute Gasteiger partial charge is 0.246 e. The molecule has 0 saturated carbocycles. The molecule has 0 amide bonds. The minimum Gasteiger partial charge on any atom is -0.246 e. The normalized spacial score (nSPS) is 10.1. The van der Waals surface area contributed by atoms with Crippen LogP contribution in [0.25, 0.3) is 0 Å². The molecule has 1 aromatic carbocycles. The van der Waals surface area contributed by atoms with Crippen molar-refractivity contribution in [3.63, 3.8) is 0 Å². The number of pyridine rings is 1. The quantitative estimate of drug-likeness (QED) is 0.818. The van der Waals surface area contributed by atoms with E-state index in [-0.39, 0.29) is 0 Å². The highest BCUT2D eigenvalue weighted by Crippen LogP contribution is 2.32. The van der Waals surface area contributed by atoms with Gasteiger partial charge in [0.2, 0.25) is 0 Å². The molecule has 0 radical (unpaired) electrons. The standard InChI is InChI=1S/C14H11BrN2S/c1-9-6-10(2)17-14(7-9)18-13-5-3-4-12(15)11(13)8-16/h3-7H,1-2H3. The fraction of sp³-hybridized carbons (Fsp3) is 0.143. The predicted molar refractivity (Wildman–Crippen MR) is 76.7 cm³/mol. The summed E-state index contributed by atoms with van der Waals surface area (Å²) in [5, 5.41) is 10.1. The zero-order chi connectivity index (χ0) is 13.1. The highest BCUT2D eigenvalue weighted by Gasteiger charge is 2.08. The van der Waals surface area contributed by atoms with Crippen molar-refractivity contribution in [3.8, 4) is 6.07 Å². The SMILES string of the molecule is Cc1cc(C)nc(Sc2cccc(Br)c2C#N)c1. The number of hydrogen-bond acceptors (Lipinski definition) is 3. The summed E-state index contributed by atoms with van der Waals surface area (Å²) < 4.78 is 0.819. The minimum atomic E-state index is 0.656. The molecule has 0 aliphatic rings. The second-order valence-electron chi connectivity index (χ2n) is 3.95. The van der Waals surface area contributed by atoms with Gasteiger partial charge in [0.25, 0.3) is 0 Å².